The van der Waals surface area contributed by atoms with Crippen LogP contribution in [0.4, 0.5) is 0 Å². The molecule has 0 spiro atoms. The Hall–Kier alpha value is -2.52. The van der Waals surface area contributed by atoms with Crippen molar-refractivity contribution in [2.24, 2.45) is 7.05 Å². The summed E-state index contributed by atoms with van der Waals surface area (Å²) in [6.07, 6.45) is 0.464. The first-order valence-electron chi connectivity index (χ1n) is 8.74. The van der Waals surface area contributed by atoms with Gasteiger partial charge in [-0.1, -0.05) is 5.16 Å². The van der Waals surface area contributed by atoms with E-state index in [1.54, 1.807) is 11.7 Å². The molecule has 1 fully saturated rings. The molecule has 3 aromatic rings. The number of aromatic nitrogens is 5. The number of nitrogens with zero attached hydrogens (tertiary/aromatic N) is 5. The minimum absolute atomic E-state index is 0.112. The maximum atomic E-state index is 12.2. The highest BCUT2D eigenvalue weighted by Crippen LogP contribution is 2.23. The van der Waals surface area contributed by atoms with Crippen LogP contribution in [-0.4, -0.2) is 56.5 Å². The third-order valence-corrected chi connectivity index (χ3v) is 5.20. The number of fused-ring (bicyclic) bond motifs is 1. The van der Waals surface area contributed by atoms with Gasteiger partial charge in [0, 0.05) is 32.4 Å². The van der Waals surface area contributed by atoms with Crippen molar-refractivity contribution in [3.8, 4) is 0 Å². The van der Waals surface area contributed by atoms with Crippen LogP contribution >= 0.6 is 0 Å². The molecule has 4 rings (SSSR count). The third-order valence-electron chi connectivity index (χ3n) is 5.20. The van der Waals surface area contributed by atoms with Gasteiger partial charge in [0.25, 0.3) is 5.56 Å². The van der Waals surface area contributed by atoms with Crippen molar-refractivity contribution in [1.82, 2.24) is 35.1 Å². The van der Waals surface area contributed by atoms with Gasteiger partial charge in [-0.15, -0.1) is 0 Å². The number of piperazine rings is 1. The summed E-state index contributed by atoms with van der Waals surface area (Å²) >= 11 is 0. The second-order valence-corrected chi connectivity index (χ2v) is 6.92. The maximum absolute atomic E-state index is 12.2. The standard InChI is InChI=1S/C17H23N7O2/c1-9-11(10(2)19-16-14(9)17(25)21-24(16)4)7-13-20-15(22-26-13)12-8-18-5-6-23(12)3/h12,18H,5-8H2,1-4H3,(H,21,25). The molecule has 1 unspecified atom stereocenters. The number of rotatable bonds is 3. The van der Waals surface area contributed by atoms with E-state index in [-0.39, 0.29) is 11.6 Å². The molecule has 1 aliphatic heterocycles. The largest absolute Gasteiger partial charge is 0.339 e. The molecule has 26 heavy (non-hydrogen) atoms. The maximum Gasteiger partial charge on any atom is 0.273 e. The van der Waals surface area contributed by atoms with E-state index in [0.717, 1.165) is 36.5 Å². The fraction of sp³-hybridized carbons (Fsp3) is 0.529. The SMILES string of the molecule is Cc1nc2c(c(C)c1Cc1nc(C3CNCCN3C)no1)c(=O)[nH]n2C. The number of aromatic amines is 1. The van der Waals surface area contributed by atoms with Gasteiger partial charge in [-0.2, -0.15) is 4.98 Å². The second-order valence-electron chi connectivity index (χ2n) is 6.92. The van der Waals surface area contributed by atoms with Crippen molar-refractivity contribution in [1.29, 1.82) is 0 Å². The molecule has 0 amide bonds. The summed E-state index contributed by atoms with van der Waals surface area (Å²) < 4.78 is 7.14. The number of hydrogen-bond donors (Lipinski definition) is 2. The van der Waals surface area contributed by atoms with Crippen LogP contribution in [0.5, 0.6) is 0 Å². The van der Waals surface area contributed by atoms with E-state index < -0.39 is 0 Å². The van der Waals surface area contributed by atoms with Gasteiger partial charge in [-0.3, -0.25) is 19.5 Å². The molecule has 0 aliphatic carbocycles. The van der Waals surface area contributed by atoms with E-state index in [4.69, 9.17) is 4.52 Å². The first kappa shape index (κ1) is 16.9. The topological polar surface area (TPSA) is 105 Å². The van der Waals surface area contributed by atoms with Gasteiger partial charge >= 0.3 is 0 Å². The van der Waals surface area contributed by atoms with E-state index in [0.29, 0.717) is 29.2 Å². The Morgan fingerprint density at radius 3 is 2.85 bits per heavy atom. The normalized spacial score (nSPS) is 18.7. The van der Waals surface area contributed by atoms with Crippen LogP contribution in [0.2, 0.25) is 0 Å². The first-order chi connectivity index (χ1) is 12.5. The summed E-state index contributed by atoms with van der Waals surface area (Å²) in [5.41, 5.74) is 3.26. The van der Waals surface area contributed by atoms with Crippen LogP contribution in [0, 0.1) is 13.8 Å². The zero-order valence-electron chi connectivity index (χ0n) is 15.5. The van der Waals surface area contributed by atoms with Crippen LogP contribution in [0.15, 0.2) is 9.32 Å². The summed E-state index contributed by atoms with van der Waals surface area (Å²) in [5, 5.41) is 10.9. The molecule has 1 saturated heterocycles. The van der Waals surface area contributed by atoms with E-state index >= 15 is 0 Å². The summed E-state index contributed by atoms with van der Waals surface area (Å²) in [4.78, 5) is 23.6. The number of nitrogens with one attached hydrogen (secondary N) is 2. The molecule has 138 valence electrons. The summed E-state index contributed by atoms with van der Waals surface area (Å²) in [7, 11) is 3.85. The van der Waals surface area contributed by atoms with Gasteiger partial charge in [-0.25, -0.2) is 4.98 Å². The van der Waals surface area contributed by atoms with Crippen LogP contribution in [0.25, 0.3) is 11.0 Å². The monoisotopic (exact) mass is 357 g/mol. The highest BCUT2D eigenvalue weighted by molar-refractivity contribution is 5.80. The van der Waals surface area contributed by atoms with Gasteiger partial charge in [-0.05, 0) is 32.0 Å². The third kappa shape index (κ3) is 2.73. The van der Waals surface area contributed by atoms with Crippen LogP contribution < -0.4 is 10.9 Å². The average molecular weight is 357 g/mol. The summed E-state index contributed by atoms with van der Waals surface area (Å²) in [6.45, 7) is 6.60. The van der Waals surface area contributed by atoms with Crippen molar-refractivity contribution < 1.29 is 4.52 Å². The minimum atomic E-state index is -0.130. The average Bonchev–Trinajstić information content (AvgIpc) is 3.17. The number of aryl methyl sites for hydroxylation is 3. The van der Waals surface area contributed by atoms with E-state index in [1.807, 2.05) is 13.8 Å². The molecule has 4 heterocycles. The fourth-order valence-electron chi connectivity index (χ4n) is 3.63. The Bertz CT molecular complexity index is 1020. The van der Waals surface area contributed by atoms with Gasteiger partial charge in [0.15, 0.2) is 11.5 Å². The van der Waals surface area contributed by atoms with Crippen molar-refractivity contribution in [3.05, 3.63) is 38.9 Å². The fourth-order valence-corrected chi connectivity index (χ4v) is 3.63. The Morgan fingerprint density at radius 1 is 1.27 bits per heavy atom. The minimum Gasteiger partial charge on any atom is -0.339 e. The van der Waals surface area contributed by atoms with E-state index in [9.17, 15) is 4.79 Å². The molecule has 0 saturated carbocycles. The zero-order chi connectivity index (χ0) is 18.4. The van der Waals surface area contributed by atoms with Crippen molar-refractivity contribution in [3.63, 3.8) is 0 Å². The van der Waals surface area contributed by atoms with Crippen molar-refractivity contribution in [2.45, 2.75) is 26.3 Å². The van der Waals surface area contributed by atoms with Gasteiger partial charge < -0.3 is 9.84 Å². The highest BCUT2D eigenvalue weighted by Gasteiger charge is 2.26. The van der Waals surface area contributed by atoms with Crippen molar-refractivity contribution >= 4 is 11.0 Å². The number of H-pyrrole nitrogens is 1. The molecule has 1 aliphatic rings. The number of likely N-dealkylation sites (N-methyl/N-ethyl adjacent to an activating group) is 1. The van der Waals surface area contributed by atoms with Crippen LogP contribution in [0.1, 0.15) is 34.6 Å². The molecule has 0 bridgehead atoms. The smallest absolute Gasteiger partial charge is 0.273 e. The quantitative estimate of drug-likeness (QED) is 0.700. The van der Waals surface area contributed by atoms with Crippen LogP contribution in [0.3, 0.4) is 0 Å². The Kier molecular flexibility index (Phi) is 4.12. The predicted octanol–water partition coefficient (Wildman–Crippen LogP) is 0.428. The molecule has 0 aromatic carbocycles. The molecule has 1 atom stereocenters. The Balaban J connectivity index is 1.68. The molecule has 2 N–H and O–H groups in total. The number of hydrogen-bond acceptors (Lipinski definition) is 7. The lowest BCUT2D eigenvalue weighted by Crippen LogP contribution is -2.44. The van der Waals surface area contributed by atoms with Gasteiger partial charge in [0.05, 0.1) is 17.8 Å². The van der Waals surface area contributed by atoms with Gasteiger partial charge in [0.1, 0.15) is 0 Å². The Morgan fingerprint density at radius 2 is 2.08 bits per heavy atom. The van der Waals surface area contributed by atoms with Crippen molar-refractivity contribution in [2.75, 3.05) is 26.7 Å². The molecular weight excluding hydrogens is 334 g/mol. The lowest BCUT2D eigenvalue weighted by atomic mass is 10.0. The van der Waals surface area contributed by atoms with Gasteiger partial charge in [0.2, 0.25) is 5.89 Å². The molecular formula is C17H23N7O2. The predicted molar refractivity (Wildman–Crippen MR) is 96.2 cm³/mol. The summed E-state index contributed by atoms with van der Waals surface area (Å²) in [6, 6.07) is 0.112. The molecule has 9 heteroatoms. The first-order valence-corrected chi connectivity index (χ1v) is 8.74. The number of pyridine rings is 1. The second kappa shape index (κ2) is 6.33. The lowest BCUT2D eigenvalue weighted by molar-refractivity contribution is 0.190. The molecule has 3 aromatic heterocycles. The Labute approximate surface area is 150 Å². The molecule has 9 nitrogen and oxygen atoms in total. The van der Waals surface area contributed by atoms with E-state index in [1.165, 1.54) is 0 Å². The molecule has 0 radical (unpaired) electrons. The lowest BCUT2D eigenvalue weighted by Gasteiger charge is -2.30. The summed E-state index contributed by atoms with van der Waals surface area (Å²) in [5.74, 6) is 1.23. The van der Waals surface area contributed by atoms with Crippen LogP contribution in [-0.2, 0) is 13.5 Å². The zero-order valence-corrected chi connectivity index (χ0v) is 15.5. The van der Waals surface area contributed by atoms with E-state index in [2.05, 4.69) is 37.5 Å². The highest BCUT2D eigenvalue weighted by atomic mass is 16.5.